The molecular weight excluding hydrogens is 224 g/mol. The first-order chi connectivity index (χ1) is 8.70. The molecule has 2 rings (SSSR count). The van der Waals surface area contributed by atoms with E-state index < -0.39 is 0 Å². The average molecular weight is 248 g/mol. The maximum atomic E-state index is 5.80. The van der Waals surface area contributed by atoms with E-state index in [1.165, 1.54) is 11.3 Å². The Bertz CT molecular complexity index is 384. The number of anilines is 1. The fourth-order valence-corrected chi connectivity index (χ4v) is 2.22. The highest BCUT2D eigenvalue weighted by Crippen LogP contribution is 2.26. The molecule has 0 atom stereocenters. The molecule has 3 heteroatoms. The lowest BCUT2D eigenvalue weighted by Gasteiger charge is -2.34. The zero-order chi connectivity index (χ0) is 13.0. The van der Waals surface area contributed by atoms with Gasteiger partial charge in [0, 0.05) is 37.9 Å². The molecule has 1 aromatic rings. The van der Waals surface area contributed by atoms with Crippen molar-refractivity contribution in [2.24, 2.45) is 0 Å². The molecule has 0 radical (unpaired) electrons. The minimum absolute atomic E-state index is 0.799. The molecule has 0 spiro atoms. The summed E-state index contributed by atoms with van der Waals surface area (Å²) in [5.74, 6) is 1.04. The van der Waals surface area contributed by atoms with Crippen molar-refractivity contribution in [2.75, 3.05) is 44.7 Å². The van der Waals surface area contributed by atoms with Crippen molar-refractivity contribution < 1.29 is 4.74 Å². The van der Waals surface area contributed by atoms with Gasteiger partial charge in [-0.05, 0) is 32.0 Å². The third kappa shape index (κ3) is 3.16. The van der Waals surface area contributed by atoms with Crippen LogP contribution in [-0.4, -0.2) is 44.7 Å². The first kappa shape index (κ1) is 13.2. The van der Waals surface area contributed by atoms with Gasteiger partial charge in [-0.2, -0.15) is 0 Å². The molecule has 100 valence electrons. The van der Waals surface area contributed by atoms with E-state index in [1.54, 1.807) is 0 Å². The number of piperazine rings is 1. The number of hydrogen-bond acceptors (Lipinski definition) is 3. The molecule has 1 aliphatic heterocycles. The van der Waals surface area contributed by atoms with Gasteiger partial charge in [0.1, 0.15) is 5.75 Å². The lowest BCUT2D eigenvalue weighted by atomic mass is 10.1. The fourth-order valence-electron chi connectivity index (χ4n) is 2.22. The second-order valence-electron chi connectivity index (χ2n) is 5.09. The highest BCUT2D eigenvalue weighted by atomic mass is 16.5. The van der Waals surface area contributed by atoms with Gasteiger partial charge < -0.3 is 14.5 Å². The number of aryl methyl sites for hydroxylation is 1. The van der Waals surface area contributed by atoms with Crippen molar-refractivity contribution in [3.05, 3.63) is 23.8 Å². The first-order valence-corrected chi connectivity index (χ1v) is 6.87. The van der Waals surface area contributed by atoms with E-state index >= 15 is 0 Å². The number of rotatable bonds is 4. The highest BCUT2D eigenvalue weighted by molar-refractivity contribution is 5.53. The molecule has 0 bridgehead atoms. The van der Waals surface area contributed by atoms with Crippen LogP contribution in [0.5, 0.6) is 5.75 Å². The Morgan fingerprint density at radius 2 is 1.89 bits per heavy atom. The van der Waals surface area contributed by atoms with E-state index in [0.717, 1.165) is 45.0 Å². The SMILES string of the molecule is CCCOc1cc(N2CCN(C)CC2)ccc1C. The summed E-state index contributed by atoms with van der Waals surface area (Å²) in [5, 5.41) is 0. The summed E-state index contributed by atoms with van der Waals surface area (Å²) in [6.07, 6.45) is 1.05. The van der Waals surface area contributed by atoms with Crippen molar-refractivity contribution >= 4 is 5.69 Å². The number of hydrogen-bond donors (Lipinski definition) is 0. The van der Waals surface area contributed by atoms with Crippen molar-refractivity contribution in [3.8, 4) is 5.75 Å². The molecule has 1 heterocycles. The molecule has 0 saturated carbocycles. The van der Waals surface area contributed by atoms with Crippen molar-refractivity contribution in [1.82, 2.24) is 4.90 Å². The van der Waals surface area contributed by atoms with E-state index in [9.17, 15) is 0 Å². The first-order valence-electron chi connectivity index (χ1n) is 6.87. The van der Waals surface area contributed by atoms with Crippen molar-refractivity contribution in [1.29, 1.82) is 0 Å². The van der Waals surface area contributed by atoms with Gasteiger partial charge in [0.05, 0.1) is 6.61 Å². The maximum absolute atomic E-state index is 5.80. The summed E-state index contributed by atoms with van der Waals surface area (Å²) >= 11 is 0. The molecule has 0 unspecified atom stereocenters. The summed E-state index contributed by atoms with van der Waals surface area (Å²) in [6, 6.07) is 6.56. The smallest absolute Gasteiger partial charge is 0.124 e. The van der Waals surface area contributed by atoms with Gasteiger partial charge in [-0.3, -0.25) is 0 Å². The highest BCUT2D eigenvalue weighted by Gasteiger charge is 2.15. The third-order valence-electron chi connectivity index (χ3n) is 3.50. The van der Waals surface area contributed by atoms with Gasteiger partial charge in [-0.15, -0.1) is 0 Å². The van der Waals surface area contributed by atoms with Gasteiger partial charge in [-0.1, -0.05) is 13.0 Å². The number of benzene rings is 1. The van der Waals surface area contributed by atoms with Gasteiger partial charge >= 0.3 is 0 Å². The molecule has 0 N–H and O–H groups in total. The van der Waals surface area contributed by atoms with Gasteiger partial charge in [0.15, 0.2) is 0 Å². The Morgan fingerprint density at radius 1 is 1.17 bits per heavy atom. The number of ether oxygens (including phenoxy) is 1. The molecule has 0 amide bonds. The Balaban J connectivity index is 2.08. The van der Waals surface area contributed by atoms with Crippen LogP contribution in [0.1, 0.15) is 18.9 Å². The molecule has 1 aliphatic rings. The van der Waals surface area contributed by atoms with Crippen LogP contribution in [0.25, 0.3) is 0 Å². The van der Waals surface area contributed by atoms with Crippen LogP contribution in [-0.2, 0) is 0 Å². The molecule has 18 heavy (non-hydrogen) atoms. The molecule has 1 fully saturated rings. The summed E-state index contributed by atoms with van der Waals surface area (Å²) in [4.78, 5) is 4.82. The summed E-state index contributed by atoms with van der Waals surface area (Å²) in [6.45, 7) is 9.53. The van der Waals surface area contributed by atoms with E-state index in [1.807, 2.05) is 0 Å². The molecule has 0 aromatic heterocycles. The Hall–Kier alpha value is -1.22. The standard InChI is InChI=1S/C15H24N2O/c1-4-11-18-15-12-14(6-5-13(15)2)17-9-7-16(3)8-10-17/h5-6,12H,4,7-11H2,1-3H3. The van der Waals surface area contributed by atoms with Crippen LogP contribution in [0, 0.1) is 6.92 Å². The van der Waals surface area contributed by atoms with E-state index in [2.05, 4.69) is 48.9 Å². The largest absolute Gasteiger partial charge is 0.493 e. The van der Waals surface area contributed by atoms with Crippen LogP contribution < -0.4 is 9.64 Å². The summed E-state index contributed by atoms with van der Waals surface area (Å²) in [5.41, 5.74) is 2.51. The maximum Gasteiger partial charge on any atom is 0.124 e. The normalized spacial score (nSPS) is 16.9. The van der Waals surface area contributed by atoms with E-state index in [-0.39, 0.29) is 0 Å². The lowest BCUT2D eigenvalue weighted by molar-refractivity contribution is 0.309. The summed E-state index contributed by atoms with van der Waals surface area (Å²) in [7, 11) is 2.18. The zero-order valence-electron chi connectivity index (χ0n) is 11.8. The van der Waals surface area contributed by atoms with Gasteiger partial charge in [-0.25, -0.2) is 0 Å². The lowest BCUT2D eigenvalue weighted by Crippen LogP contribution is -2.44. The molecule has 3 nitrogen and oxygen atoms in total. The van der Waals surface area contributed by atoms with Crippen LogP contribution >= 0.6 is 0 Å². The Labute approximate surface area is 110 Å². The predicted molar refractivity (Wildman–Crippen MR) is 76.7 cm³/mol. The van der Waals surface area contributed by atoms with Crippen molar-refractivity contribution in [3.63, 3.8) is 0 Å². The molecule has 1 aromatic carbocycles. The van der Waals surface area contributed by atoms with E-state index in [4.69, 9.17) is 4.74 Å². The van der Waals surface area contributed by atoms with Crippen molar-refractivity contribution in [2.45, 2.75) is 20.3 Å². The van der Waals surface area contributed by atoms with Crippen LogP contribution in [0.4, 0.5) is 5.69 Å². The minimum atomic E-state index is 0.799. The van der Waals surface area contributed by atoms with Crippen LogP contribution in [0.15, 0.2) is 18.2 Å². The number of nitrogens with zero attached hydrogens (tertiary/aromatic N) is 2. The topological polar surface area (TPSA) is 15.7 Å². The fraction of sp³-hybridized carbons (Fsp3) is 0.600. The molecule has 1 saturated heterocycles. The third-order valence-corrected chi connectivity index (χ3v) is 3.50. The summed E-state index contributed by atoms with van der Waals surface area (Å²) < 4.78 is 5.80. The molecule has 0 aliphatic carbocycles. The molecular formula is C15H24N2O. The van der Waals surface area contributed by atoms with Crippen LogP contribution in [0.3, 0.4) is 0 Å². The quantitative estimate of drug-likeness (QED) is 0.814. The Morgan fingerprint density at radius 3 is 2.56 bits per heavy atom. The second-order valence-corrected chi connectivity index (χ2v) is 5.09. The van der Waals surface area contributed by atoms with Gasteiger partial charge in [0.2, 0.25) is 0 Å². The zero-order valence-corrected chi connectivity index (χ0v) is 11.8. The van der Waals surface area contributed by atoms with E-state index in [0.29, 0.717) is 0 Å². The monoisotopic (exact) mass is 248 g/mol. The average Bonchev–Trinajstić information content (AvgIpc) is 2.39. The van der Waals surface area contributed by atoms with Crippen LogP contribution in [0.2, 0.25) is 0 Å². The number of likely N-dealkylation sites (N-methyl/N-ethyl adjacent to an activating group) is 1. The minimum Gasteiger partial charge on any atom is -0.493 e. The van der Waals surface area contributed by atoms with Gasteiger partial charge in [0.25, 0.3) is 0 Å². The Kier molecular flexibility index (Phi) is 4.48. The predicted octanol–water partition coefficient (Wildman–Crippen LogP) is 2.54. The second kappa shape index (κ2) is 6.10.